The average Bonchev–Trinajstić information content (AvgIpc) is 1.64. The highest BCUT2D eigenvalue weighted by atomic mass is 127. The minimum absolute atomic E-state index is 0.0457. The van der Waals surface area contributed by atoms with Crippen LogP contribution in [0.5, 0.6) is 0 Å². The van der Waals surface area contributed by atoms with E-state index >= 15 is 0 Å². The number of carbonyl (C=O) groups excluding carboxylic acids is 1. The van der Waals surface area contributed by atoms with Gasteiger partial charge in [0.2, 0.25) is 0 Å². The van der Waals surface area contributed by atoms with Gasteiger partial charge >= 0.3 is 5.97 Å². The summed E-state index contributed by atoms with van der Waals surface area (Å²) in [5, 5.41) is 0. The molecule has 0 amide bonds. The Hall–Kier alpha value is 0.200. The first kappa shape index (κ1) is 6.32. The molecule has 1 fully saturated rings. The van der Waals surface area contributed by atoms with Crippen molar-refractivity contribution in [1.82, 2.24) is 0 Å². The number of esters is 1. The number of hydrogen-bond acceptors (Lipinski definition) is 2. The second-order valence-corrected chi connectivity index (χ2v) is 3.57. The van der Waals surface area contributed by atoms with Crippen molar-refractivity contribution < 1.29 is 9.53 Å². The van der Waals surface area contributed by atoms with E-state index in [1.165, 1.54) is 0 Å². The molecule has 1 heterocycles. The first-order chi connectivity index (χ1) is 3.79. The molecule has 46 valence electrons. The quantitative estimate of drug-likeness (QED) is 0.351. The van der Waals surface area contributed by atoms with E-state index in [4.69, 9.17) is 4.74 Å². The number of cyclic esters (lactones) is 1. The second-order valence-electron chi connectivity index (χ2n) is 1.81. The minimum Gasteiger partial charge on any atom is -0.466 e. The standard InChI is InChI=1S/C5H7IO2/c6-4-1-2-8-5(7)3-4/h4H,1-3H2. The van der Waals surface area contributed by atoms with Gasteiger partial charge < -0.3 is 4.74 Å². The lowest BCUT2D eigenvalue weighted by Crippen LogP contribution is -2.20. The lowest BCUT2D eigenvalue weighted by molar-refractivity contribution is -0.146. The van der Waals surface area contributed by atoms with E-state index in [0.29, 0.717) is 17.0 Å². The number of carbonyl (C=O) groups is 1. The molecular formula is C5H7IO2. The van der Waals surface area contributed by atoms with Crippen LogP contribution in [0.3, 0.4) is 0 Å². The van der Waals surface area contributed by atoms with Crippen LogP contribution in [0.1, 0.15) is 12.8 Å². The lowest BCUT2D eigenvalue weighted by Gasteiger charge is -2.14. The molecule has 1 rings (SSSR count). The van der Waals surface area contributed by atoms with Gasteiger partial charge in [0.15, 0.2) is 0 Å². The topological polar surface area (TPSA) is 26.3 Å². The highest BCUT2D eigenvalue weighted by Crippen LogP contribution is 2.15. The van der Waals surface area contributed by atoms with Crippen LogP contribution in [-0.2, 0) is 9.53 Å². The van der Waals surface area contributed by atoms with E-state index in [-0.39, 0.29) is 5.97 Å². The molecule has 8 heavy (non-hydrogen) atoms. The van der Waals surface area contributed by atoms with Gasteiger partial charge in [-0.3, -0.25) is 4.79 Å². The van der Waals surface area contributed by atoms with E-state index in [1.54, 1.807) is 0 Å². The van der Waals surface area contributed by atoms with Gasteiger partial charge in [0.1, 0.15) is 0 Å². The van der Waals surface area contributed by atoms with E-state index in [0.717, 1.165) is 6.42 Å². The first-order valence-corrected chi connectivity index (χ1v) is 3.83. The van der Waals surface area contributed by atoms with E-state index < -0.39 is 0 Å². The minimum atomic E-state index is -0.0457. The van der Waals surface area contributed by atoms with Crippen LogP contribution in [0.25, 0.3) is 0 Å². The van der Waals surface area contributed by atoms with Gasteiger partial charge in [0.05, 0.1) is 13.0 Å². The zero-order valence-corrected chi connectivity index (χ0v) is 6.55. The Balaban J connectivity index is 2.34. The molecule has 0 radical (unpaired) electrons. The molecule has 0 bridgehead atoms. The largest absolute Gasteiger partial charge is 0.466 e. The maximum atomic E-state index is 10.4. The van der Waals surface area contributed by atoms with Crippen LogP contribution < -0.4 is 0 Å². The van der Waals surface area contributed by atoms with Crippen molar-refractivity contribution in [3.63, 3.8) is 0 Å². The van der Waals surface area contributed by atoms with Crippen molar-refractivity contribution >= 4 is 28.6 Å². The molecule has 0 saturated carbocycles. The van der Waals surface area contributed by atoms with Gasteiger partial charge in [0, 0.05) is 3.92 Å². The predicted octanol–water partition coefficient (Wildman–Crippen LogP) is 1.13. The first-order valence-electron chi connectivity index (χ1n) is 2.59. The molecule has 1 aliphatic rings. The Morgan fingerprint density at radius 2 is 2.50 bits per heavy atom. The van der Waals surface area contributed by atoms with E-state index in [9.17, 15) is 4.79 Å². The SMILES string of the molecule is O=C1CC(I)CCO1. The van der Waals surface area contributed by atoms with Gasteiger partial charge in [-0.2, -0.15) is 0 Å². The molecule has 1 saturated heterocycles. The number of hydrogen-bond donors (Lipinski definition) is 0. The van der Waals surface area contributed by atoms with Crippen LogP contribution in [0, 0.1) is 0 Å². The molecule has 0 aliphatic carbocycles. The third kappa shape index (κ3) is 1.61. The molecule has 0 spiro atoms. The highest BCUT2D eigenvalue weighted by molar-refractivity contribution is 14.1. The number of ether oxygens (including phenoxy) is 1. The van der Waals surface area contributed by atoms with E-state index in [2.05, 4.69) is 22.6 Å². The Morgan fingerprint density at radius 3 is 2.88 bits per heavy atom. The molecule has 2 nitrogen and oxygen atoms in total. The van der Waals surface area contributed by atoms with Crippen LogP contribution in [0.4, 0.5) is 0 Å². The summed E-state index contributed by atoms with van der Waals surface area (Å²) >= 11 is 2.27. The van der Waals surface area contributed by atoms with Crippen molar-refractivity contribution in [2.45, 2.75) is 16.8 Å². The van der Waals surface area contributed by atoms with Crippen LogP contribution in [0.2, 0.25) is 0 Å². The molecule has 1 aliphatic heterocycles. The van der Waals surface area contributed by atoms with Gasteiger partial charge in [-0.15, -0.1) is 0 Å². The Kier molecular flexibility index (Phi) is 2.10. The van der Waals surface area contributed by atoms with Crippen molar-refractivity contribution in [2.24, 2.45) is 0 Å². The summed E-state index contributed by atoms with van der Waals surface area (Å²) < 4.78 is 5.21. The normalized spacial score (nSPS) is 29.6. The Bertz CT molecular complexity index is 103. The fourth-order valence-electron chi connectivity index (χ4n) is 0.642. The molecule has 3 heteroatoms. The number of halogens is 1. The van der Waals surface area contributed by atoms with Gasteiger partial charge in [-0.05, 0) is 6.42 Å². The zero-order chi connectivity index (χ0) is 5.98. The average molecular weight is 226 g/mol. The number of rotatable bonds is 0. The monoisotopic (exact) mass is 226 g/mol. The van der Waals surface area contributed by atoms with E-state index in [1.807, 2.05) is 0 Å². The summed E-state index contributed by atoms with van der Waals surface area (Å²) in [7, 11) is 0. The molecule has 1 unspecified atom stereocenters. The highest BCUT2D eigenvalue weighted by Gasteiger charge is 2.16. The van der Waals surface area contributed by atoms with Crippen molar-refractivity contribution in [2.75, 3.05) is 6.61 Å². The molecule has 0 aromatic rings. The fourth-order valence-corrected chi connectivity index (χ4v) is 1.26. The summed E-state index contributed by atoms with van der Waals surface area (Å²) in [6.07, 6.45) is 1.62. The summed E-state index contributed by atoms with van der Waals surface area (Å²) in [5.41, 5.74) is 0. The molecule has 0 aromatic carbocycles. The van der Waals surface area contributed by atoms with Crippen molar-refractivity contribution in [1.29, 1.82) is 0 Å². The predicted molar refractivity (Wildman–Crippen MR) is 38.0 cm³/mol. The Labute approximate surface area is 61.7 Å². The smallest absolute Gasteiger partial charge is 0.306 e. The third-order valence-corrected chi connectivity index (χ3v) is 2.15. The van der Waals surface area contributed by atoms with Crippen LogP contribution >= 0.6 is 22.6 Å². The van der Waals surface area contributed by atoms with Gasteiger partial charge in [0.25, 0.3) is 0 Å². The van der Waals surface area contributed by atoms with Gasteiger partial charge in [-0.1, -0.05) is 22.6 Å². The third-order valence-electron chi connectivity index (χ3n) is 1.08. The zero-order valence-electron chi connectivity index (χ0n) is 4.39. The summed E-state index contributed by atoms with van der Waals surface area (Å²) in [6.45, 7) is 0.617. The van der Waals surface area contributed by atoms with Gasteiger partial charge in [-0.25, -0.2) is 0 Å². The van der Waals surface area contributed by atoms with Crippen molar-refractivity contribution in [3.8, 4) is 0 Å². The maximum Gasteiger partial charge on any atom is 0.306 e. The van der Waals surface area contributed by atoms with Crippen molar-refractivity contribution in [3.05, 3.63) is 0 Å². The lowest BCUT2D eigenvalue weighted by atomic mass is 10.2. The summed E-state index contributed by atoms with van der Waals surface area (Å²) in [6, 6.07) is 0. The second kappa shape index (κ2) is 2.66. The molecule has 1 atom stereocenters. The fraction of sp³-hybridized carbons (Fsp3) is 0.800. The molecule has 0 aromatic heterocycles. The summed E-state index contributed by atoms with van der Waals surface area (Å²) in [4.78, 5) is 10.4. The van der Waals surface area contributed by atoms with Crippen LogP contribution in [0.15, 0.2) is 0 Å². The van der Waals surface area contributed by atoms with Crippen LogP contribution in [-0.4, -0.2) is 16.5 Å². The molecule has 0 N–H and O–H groups in total. The maximum absolute atomic E-state index is 10.4. The summed E-state index contributed by atoms with van der Waals surface area (Å²) in [5.74, 6) is -0.0457. The molecular weight excluding hydrogens is 219 g/mol. The Morgan fingerprint density at radius 1 is 1.75 bits per heavy atom. The number of alkyl halides is 1.